The zero-order valence-corrected chi connectivity index (χ0v) is 14.8. The number of alkyl halides is 3. The zero-order chi connectivity index (χ0) is 17.9. The van der Waals surface area contributed by atoms with Gasteiger partial charge in [0.05, 0.1) is 6.10 Å². The highest BCUT2D eigenvalue weighted by Crippen LogP contribution is 2.30. The van der Waals surface area contributed by atoms with E-state index in [2.05, 4.69) is 9.73 Å². The van der Waals surface area contributed by atoms with Gasteiger partial charge in [-0.15, -0.1) is 24.5 Å². The maximum Gasteiger partial charge on any atom is 0.522 e. The lowest BCUT2D eigenvalue weighted by molar-refractivity contribution is -0.343. The van der Waals surface area contributed by atoms with Gasteiger partial charge in [0.15, 0.2) is 9.92 Å². The minimum absolute atomic E-state index is 0.0107. The van der Waals surface area contributed by atoms with E-state index in [1.165, 1.54) is 25.2 Å². The Bertz CT molecular complexity index is 694. The van der Waals surface area contributed by atoms with Crippen LogP contribution in [0.5, 0.6) is 0 Å². The number of carbonyl (C=O) groups excluding carboxylic acids is 2. The molecular formula is C14H17F3N2O3S2. The molecule has 0 fully saturated rings. The second kappa shape index (κ2) is 7.83. The van der Waals surface area contributed by atoms with Gasteiger partial charge < -0.3 is 4.57 Å². The van der Waals surface area contributed by atoms with Crippen molar-refractivity contribution in [3.8, 4) is 0 Å². The number of carbonyl (C=O) groups is 2. The van der Waals surface area contributed by atoms with Gasteiger partial charge in [-0.3, -0.25) is 14.3 Å². The summed E-state index contributed by atoms with van der Waals surface area (Å²) in [5.41, 5.74) is 0.881. The first-order chi connectivity index (χ1) is 11.2. The van der Waals surface area contributed by atoms with E-state index in [1.807, 2.05) is 4.57 Å². The minimum Gasteiger partial charge on any atom is -0.320 e. The fourth-order valence-corrected chi connectivity index (χ4v) is 4.42. The first-order valence-electron chi connectivity index (χ1n) is 7.30. The highest BCUT2D eigenvalue weighted by molar-refractivity contribution is 8.13. The van der Waals surface area contributed by atoms with Gasteiger partial charge in [0.1, 0.15) is 0 Å². The molecule has 0 saturated carbocycles. The second-order valence-electron chi connectivity index (χ2n) is 5.31. The van der Waals surface area contributed by atoms with E-state index in [0.29, 0.717) is 23.5 Å². The maximum absolute atomic E-state index is 12.4. The topological polar surface area (TPSA) is 60.7 Å². The quantitative estimate of drug-likeness (QED) is 0.803. The Labute approximate surface area is 144 Å². The molecule has 0 saturated heterocycles. The number of hydrogen-bond donors (Lipinski definition) is 0. The van der Waals surface area contributed by atoms with Crippen LogP contribution in [0.2, 0.25) is 0 Å². The third kappa shape index (κ3) is 5.45. The molecule has 5 nitrogen and oxygen atoms in total. The molecular weight excluding hydrogens is 365 g/mol. The van der Waals surface area contributed by atoms with E-state index >= 15 is 0 Å². The Hall–Kier alpha value is -1.13. The molecule has 0 N–H and O–H groups in total. The first kappa shape index (κ1) is 19.2. The Morgan fingerprint density at radius 3 is 2.71 bits per heavy atom. The van der Waals surface area contributed by atoms with Gasteiger partial charge in [0, 0.05) is 43.1 Å². The van der Waals surface area contributed by atoms with Crippen LogP contribution in [0, 0.1) is 0 Å². The third-order valence-electron chi connectivity index (χ3n) is 3.38. The fraction of sp³-hybridized carbons (Fsp3) is 0.643. The van der Waals surface area contributed by atoms with Crippen molar-refractivity contribution in [2.45, 2.75) is 52.1 Å². The normalized spacial score (nSPS) is 18.5. The van der Waals surface area contributed by atoms with Gasteiger partial charge in [0.25, 0.3) is 0 Å². The van der Waals surface area contributed by atoms with E-state index in [-0.39, 0.29) is 23.9 Å². The van der Waals surface area contributed by atoms with E-state index in [0.717, 1.165) is 22.3 Å². The van der Waals surface area contributed by atoms with Crippen molar-refractivity contribution < 1.29 is 27.5 Å². The van der Waals surface area contributed by atoms with Gasteiger partial charge in [-0.1, -0.05) is 11.8 Å². The van der Waals surface area contributed by atoms with Crippen molar-refractivity contribution in [3.63, 3.8) is 0 Å². The van der Waals surface area contributed by atoms with Crippen molar-refractivity contribution in [2.75, 3.05) is 5.75 Å². The highest BCUT2D eigenvalue weighted by Gasteiger charge is 2.36. The van der Waals surface area contributed by atoms with Gasteiger partial charge in [-0.2, -0.15) is 4.99 Å². The SMILES string of the molecule is CC(=O)N=c1sc2c(n1CCSC(C)=O)CCC(OC(F)(F)F)C2. The van der Waals surface area contributed by atoms with Crippen LogP contribution in [0.3, 0.4) is 0 Å². The van der Waals surface area contributed by atoms with Gasteiger partial charge in [0.2, 0.25) is 5.91 Å². The summed E-state index contributed by atoms with van der Waals surface area (Å²) in [6.07, 6.45) is -4.75. The minimum atomic E-state index is -4.65. The van der Waals surface area contributed by atoms with Crippen LogP contribution in [0.25, 0.3) is 0 Å². The van der Waals surface area contributed by atoms with Crippen molar-refractivity contribution in [1.29, 1.82) is 0 Å². The number of fused-ring (bicyclic) bond motifs is 1. The largest absolute Gasteiger partial charge is 0.522 e. The number of ether oxygens (including phenoxy) is 1. The summed E-state index contributed by atoms with van der Waals surface area (Å²) in [4.78, 5) is 27.5. The average molecular weight is 382 g/mol. The standard InChI is InChI=1S/C14H17F3N2O3S2/c1-8(20)18-13-19(5-6-23-9(2)21)11-4-3-10(7-12(11)24-13)22-14(15,16)17/h10H,3-7H2,1-2H3. The van der Waals surface area contributed by atoms with E-state index < -0.39 is 12.5 Å². The molecule has 0 aliphatic heterocycles. The molecule has 1 unspecified atom stereocenters. The van der Waals surface area contributed by atoms with Crippen LogP contribution in [0.15, 0.2) is 4.99 Å². The average Bonchev–Trinajstić information content (AvgIpc) is 2.73. The van der Waals surface area contributed by atoms with Crippen molar-refractivity contribution >= 4 is 34.1 Å². The highest BCUT2D eigenvalue weighted by atomic mass is 32.2. The van der Waals surface area contributed by atoms with Crippen molar-refractivity contribution in [3.05, 3.63) is 15.4 Å². The van der Waals surface area contributed by atoms with Crippen molar-refractivity contribution in [1.82, 2.24) is 4.57 Å². The maximum atomic E-state index is 12.4. The smallest absolute Gasteiger partial charge is 0.320 e. The van der Waals surface area contributed by atoms with Crippen molar-refractivity contribution in [2.24, 2.45) is 4.99 Å². The monoisotopic (exact) mass is 382 g/mol. The fourth-order valence-electron chi connectivity index (χ4n) is 2.55. The third-order valence-corrected chi connectivity index (χ3v) is 5.32. The molecule has 24 heavy (non-hydrogen) atoms. The van der Waals surface area contributed by atoms with Gasteiger partial charge >= 0.3 is 6.36 Å². The number of thiazole rings is 1. The zero-order valence-electron chi connectivity index (χ0n) is 13.2. The van der Waals surface area contributed by atoms with Crippen LogP contribution < -0.4 is 4.80 Å². The summed E-state index contributed by atoms with van der Waals surface area (Å²) >= 11 is 2.37. The van der Waals surface area contributed by atoms with E-state index in [1.54, 1.807) is 0 Å². The summed E-state index contributed by atoms with van der Waals surface area (Å²) in [6, 6.07) is 0. The Morgan fingerprint density at radius 2 is 2.12 bits per heavy atom. The molecule has 0 radical (unpaired) electrons. The number of thioether (sulfide) groups is 1. The van der Waals surface area contributed by atoms with Gasteiger partial charge in [-0.25, -0.2) is 0 Å². The molecule has 0 spiro atoms. The molecule has 0 aromatic carbocycles. The molecule has 1 heterocycles. The van der Waals surface area contributed by atoms with E-state index in [9.17, 15) is 22.8 Å². The number of rotatable bonds is 4. The van der Waals surface area contributed by atoms with Crippen LogP contribution in [0.4, 0.5) is 13.2 Å². The van der Waals surface area contributed by atoms with Crippen LogP contribution in [0.1, 0.15) is 30.8 Å². The number of nitrogens with zero attached hydrogens (tertiary/aromatic N) is 2. The van der Waals surface area contributed by atoms with E-state index in [4.69, 9.17) is 0 Å². The lowest BCUT2D eigenvalue weighted by Gasteiger charge is -2.24. The molecule has 10 heteroatoms. The first-order valence-corrected chi connectivity index (χ1v) is 9.10. The number of hydrogen-bond acceptors (Lipinski definition) is 5. The molecule has 1 aliphatic rings. The molecule has 1 atom stereocenters. The molecule has 1 aromatic heterocycles. The summed E-state index contributed by atoms with van der Waals surface area (Å²) in [5, 5.41) is -0.0107. The lowest BCUT2D eigenvalue weighted by atomic mass is 10.00. The Morgan fingerprint density at radius 1 is 1.42 bits per heavy atom. The summed E-state index contributed by atoms with van der Waals surface area (Å²) in [5.74, 6) is 0.149. The van der Waals surface area contributed by atoms with Crippen LogP contribution >= 0.6 is 23.1 Å². The molecule has 134 valence electrons. The summed E-state index contributed by atoms with van der Waals surface area (Å²) < 4.78 is 43.1. The number of halogens is 3. The predicted molar refractivity (Wildman–Crippen MR) is 84.6 cm³/mol. The second-order valence-corrected chi connectivity index (χ2v) is 7.64. The predicted octanol–water partition coefficient (Wildman–Crippen LogP) is 2.67. The molecule has 1 aromatic rings. The summed E-state index contributed by atoms with van der Waals surface area (Å²) in [6.45, 7) is 3.27. The van der Waals surface area contributed by atoms with Crippen LogP contribution in [-0.2, 0) is 33.7 Å². The molecule has 2 rings (SSSR count). The Kier molecular flexibility index (Phi) is 6.27. The van der Waals surface area contributed by atoms with Gasteiger partial charge in [-0.05, 0) is 12.8 Å². The molecule has 0 bridgehead atoms. The summed E-state index contributed by atoms with van der Waals surface area (Å²) in [7, 11) is 0. The lowest BCUT2D eigenvalue weighted by Crippen LogP contribution is -2.30. The number of aromatic nitrogens is 1. The molecule has 1 aliphatic carbocycles. The molecule has 1 amide bonds. The Balaban J connectivity index is 2.25. The van der Waals surface area contributed by atoms with Crippen LogP contribution in [-0.4, -0.2) is 33.8 Å². The number of amides is 1.